The number of amides is 1. The molecular formula is C18H20BrN3O5S2. The average molecular weight is 502 g/mol. The fourth-order valence-electron chi connectivity index (χ4n) is 3.31. The molecule has 0 radical (unpaired) electrons. The van der Waals surface area contributed by atoms with Crippen molar-refractivity contribution in [2.45, 2.75) is 31.6 Å². The smallest absolute Gasteiger partial charge is 0.262 e. The molecule has 2 heterocycles. The van der Waals surface area contributed by atoms with E-state index in [2.05, 4.69) is 20.9 Å². The Morgan fingerprint density at radius 1 is 1.31 bits per heavy atom. The minimum atomic E-state index is -3.18. The van der Waals surface area contributed by atoms with Gasteiger partial charge >= 0.3 is 0 Å². The Morgan fingerprint density at radius 3 is 2.59 bits per heavy atom. The first kappa shape index (κ1) is 21.9. The Morgan fingerprint density at radius 2 is 1.97 bits per heavy atom. The lowest BCUT2D eigenvalue weighted by atomic mass is 10.2. The van der Waals surface area contributed by atoms with E-state index in [0.717, 1.165) is 0 Å². The molecule has 2 unspecified atom stereocenters. The lowest BCUT2D eigenvalue weighted by Gasteiger charge is -2.26. The molecular weight excluding hydrogens is 482 g/mol. The van der Waals surface area contributed by atoms with Crippen molar-refractivity contribution in [3.63, 3.8) is 0 Å². The minimum absolute atomic E-state index is 0.0251. The molecule has 2 atom stereocenters. The van der Waals surface area contributed by atoms with Crippen LogP contribution in [0.3, 0.4) is 0 Å². The van der Waals surface area contributed by atoms with Gasteiger partial charge in [-0.2, -0.15) is 10.3 Å². The molecule has 0 bridgehead atoms. The van der Waals surface area contributed by atoms with Crippen molar-refractivity contribution in [3.05, 3.63) is 16.6 Å². The number of rotatable bonds is 6. The third-order valence-electron chi connectivity index (χ3n) is 4.39. The zero-order chi connectivity index (χ0) is 21.2. The number of carbonyl (C=O) groups excluding carboxylic acids is 1. The number of nitrogens with zero attached hydrogens (tertiary/aromatic N) is 3. The number of nitriles is 1. The van der Waals surface area contributed by atoms with Crippen molar-refractivity contribution in [3.8, 4) is 17.6 Å². The molecule has 0 N–H and O–H groups in total. The summed E-state index contributed by atoms with van der Waals surface area (Å²) in [5.41, 5.74) is 0.637. The summed E-state index contributed by atoms with van der Waals surface area (Å²) in [6.07, 6.45) is -0.333. The number of anilines is 1. The highest BCUT2D eigenvalue weighted by molar-refractivity contribution is 9.10. The Bertz CT molecular complexity index is 990. The number of fused-ring (bicyclic) bond motifs is 1. The predicted octanol–water partition coefficient (Wildman–Crippen LogP) is 2.76. The van der Waals surface area contributed by atoms with Crippen LogP contribution in [0, 0.1) is 11.3 Å². The highest BCUT2D eigenvalue weighted by atomic mass is 79.9. The molecule has 2 saturated heterocycles. The largest absolute Gasteiger partial charge is 0.490 e. The van der Waals surface area contributed by atoms with E-state index in [4.69, 9.17) is 14.7 Å². The molecule has 2 aliphatic heterocycles. The SMILES string of the molecule is CCOc1cc(Br)c(N2C(=NC(=O)CC#N)SC3CS(=O)(=O)CC32)cc1OCC. The van der Waals surface area contributed by atoms with Gasteiger partial charge < -0.3 is 14.4 Å². The van der Waals surface area contributed by atoms with Crippen LogP contribution >= 0.6 is 27.7 Å². The molecule has 1 amide bonds. The maximum Gasteiger partial charge on any atom is 0.262 e. The molecule has 0 spiro atoms. The van der Waals surface area contributed by atoms with Gasteiger partial charge in [0.25, 0.3) is 5.91 Å². The number of benzene rings is 1. The van der Waals surface area contributed by atoms with E-state index in [0.29, 0.717) is 40.0 Å². The second kappa shape index (κ2) is 8.93. The molecule has 2 fully saturated rings. The molecule has 29 heavy (non-hydrogen) atoms. The molecule has 3 rings (SSSR count). The van der Waals surface area contributed by atoms with Gasteiger partial charge in [-0.15, -0.1) is 0 Å². The van der Waals surface area contributed by atoms with Crippen molar-refractivity contribution in [2.75, 3.05) is 29.6 Å². The molecule has 1 aromatic carbocycles. The summed E-state index contributed by atoms with van der Waals surface area (Å²) in [7, 11) is -3.18. The second-order valence-corrected chi connectivity index (χ2v) is 10.6. The fraction of sp³-hybridized carbons (Fsp3) is 0.500. The van der Waals surface area contributed by atoms with Crippen molar-refractivity contribution in [1.29, 1.82) is 5.26 Å². The zero-order valence-corrected chi connectivity index (χ0v) is 19.1. The number of carbonyl (C=O) groups is 1. The van der Waals surface area contributed by atoms with Crippen LogP contribution in [0.2, 0.25) is 0 Å². The molecule has 0 aliphatic carbocycles. The average Bonchev–Trinajstić information content (AvgIpc) is 3.09. The van der Waals surface area contributed by atoms with Crippen LogP contribution < -0.4 is 14.4 Å². The van der Waals surface area contributed by atoms with Crippen molar-refractivity contribution in [1.82, 2.24) is 0 Å². The van der Waals surface area contributed by atoms with E-state index in [1.54, 1.807) is 23.1 Å². The lowest BCUT2D eigenvalue weighted by Crippen LogP contribution is -2.38. The molecule has 1 aromatic rings. The van der Waals surface area contributed by atoms with Crippen LogP contribution in [0.5, 0.6) is 11.5 Å². The Balaban J connectivity index is 2.09. The lowest BCUT2D eigenvalue weighted by molar-refractivity contribution is -0.116. The molecule has 0 saturated carbocycles. The maximum absolute atomic E-state index is 12.2. The van der Waals surface area contributed by atoms with Crippen LogP contribution in [0.1, 0.15) is 20.3 Å². The monoisotopic (exact) mass is 501 g/mol. The number of thioether (sulfide) groups is 1. The van der Waals surface area contributed by atoms with Gasteiger partial charge in [-0.05, 0) is 29.8 Å². The number of amidine groups is 1. The summed E-state index contributed by atoms with van der Waals surface area (Å²) >= 11 is 4.79. The third-order valence-corrected chi connectivity index (χ3v) is 8.23. The van der Waals surface area contributed by atoms with Gasteiger partial charge in [0.05, 0.1) is 42.5 Å². The first-order chi connectivity index (χ1) is 13.8. The number of sulfone groups is 1. The standard InChI is InChI=1S/C18H20BrN3O5S2/c1-3-26-14-7-11(19)12(8-15(14)27-4-2)22-13-9-29(24,25)10-16(13)28-18(22)21-17(23)5-6-20/h7-8,13,16H,3-5,9-10H2,1-2H3. The van der Waals surface area contributed by atoms with Crippen molar-refractivity contribution in [2.24, 2.45) is 4.99 Å². The second-order valence-electron chi connectivity index (χ2n) is 6.41. The third kappa shape index (κ3) is 4.70. The van der Waals surface area contributed by atoms with Crippen molar-refractivity contribution >= 4 is 54.3 Å². The Hall–Kier alpha value is -1.77. The number of aliphatic imine (C=N–C) groups is 1. The normalized spacial score (nSPS) is 23.7. The first-order valence-corrected chi connectivity index (χ1v) is 12.5. The number of ether oxygens (including phenoxy) is 2. The topological polar surface area (TPSA) is 109 Å². The molecule has 8 nitrogen and oxygen atoms in total. The van der Waals surface area contributed by atoms with E-state index in [9.17, 15) is 13.2 Å². The summed E-state index contributed by atoms with van der Waals surface area (Å²) in [5, 5.41) is 8.92. The first-order valence-electron chi connectivity index (χ1n) is 9.03. The highest BCUT2D eigenvalue weighted by Gasteiger charge is 2.50. The Labute approximate surface area is 182 Å². The van der Waals surface area contributed by atoms with Crippen LogP contribution in [0.4, 0.5) is 5.69 Å². The predicted molar refractivity (Wildman–Crippen MR) is 115 cm³/mol. The summed E-state index contributed by atoms with van der Waals surface area (Å²) in [4.78, 5) is 17.8. The molecule has 11 heteroatoms. The van der Waals surface area contributed by atoms with Gasteiger partial charge in [-0.25, -0.2) is 8.42 Å². The van der Waals surface area contributed by atoms with Gasteiger partial charge in [-0.1, -0.05) is 11.8 Å². The van der Waals surface area contributed by atoms with E-state index in [1.165, 1.54) is 11.8 Å². The molecule has 156 valence electrons. The fourth-order valence-corrected chi connectivity index (χ4v) is 7.74. The highest BCUT2D eigenvalue weighted by Crippen LogP contribution is 2.46. The quantitative estimate of drug-likeness (QED) is 0.584. The van der Waals surface area contributed by atoms with E-state index < -0.39 is 15.7 Å². The van der Waals surface area contributed by atoms with E-state index >= 15 is 0 Å². The summed E-state index contributed by atoms with van der Waals surface area (Å²) in [6.45, 7) is 4.62. The number of halogens is 1. The summed E-state index contributed by atoms with van der Waals surface area (Å²) in [5.74, 6) is 0.516. The molecule has 0 aromatic heterocycles. The van der Waals surface area contributed by atoms with Gasteiger partial charge in [-0.3, -0.25) is 4.79 Å². The van der Waals surface area contributed by atoms with Crippen LogP contribution in [-0.2, 0) is 14.6 Å². The van der Waals surface area contributed by atoms with Gasteiger partial charge in [0.1, 0.15) is 6.42 Å². The summed E-state index contributed by atoms with van der Waals surface area (Å²) < 4.78 is 36.4. The minimum Gasteiger partial charge on any atom is -0.490 e. The van der Waals surface area contributed by atoms with Crippen LogP contribution in [0.15, 0.2) is 21.6 Å². The van der Waals surface area contributed by atoms with E-state index in [-0.39, 0.29) is 29.2 Å². The van der Waals surface area contributed by atoms with Crippen molar-refractivity contribution < 1.29 is 22.7 Å². The number of hydrogen-bond donors (Lipinski definition) is 0. The van der Waals surface area contributed by atoms with Crippen LogP contribution in [0.25, 0.3) is 0 Å². The van der Waals surface area contributed by atoms with Gasteiger partial charge in [0, 0.05) is 21.9 Å². The Kier molecular flexibility index (Phi) is 6.76. The van der Waals surface area contributed by atoms with Crippen LogP contribution in [-0.4, -0.2) is 55.5 Å². The van der Waals surface area contributed by atoms with Gasteiger partial charge in [0.15, 0.2) is 26.5 Å². The zero-order valence-electron chi connectivity index (χ0n) is 15.9. The van der Waals surface area contributed by atoms with Gasteiger partial charge in [0.2, 0.25) is 0 Å². The summed E-state index contributed by atoms with van der Waals surface area (Å²) in [6, 6.07) is 4.96. The molecule has 2 aliphatic rings. The maximum atomic E-state index is 12.2. The van der Waals surface area contributed by atoms with E-state index in [1.807, 2.05) is 13.8 Å². The number of hydrogen-bond acceptors (Lipinski definition) is 7.